The summed E-state index contributed by atoms with van der Waals surface area (Å²) in [7, 11) is 0. The fourth-order valence-corrected chi connectivity index (χ4v) is 2.14. The van der Waals surface area contributed by atoms with E-state index in [1.54, 1.807) is 25.1 Å². The van der Waals surface area contributed by atoms with Crippen molar-refractivity contribution in [1.82, 2.24) is 5.43 Å². The van der Waals surface area contributed by atoms with Gasteiger partial charge < -0.3 is 5.32 Å². The number of anilines is 1. The Morgan fingerprint density at radius 3 is 2.46 bits per heavy atom. The topological polar surface area (TPSA) is 114 Å². The van der Waals surface area contributed by atoms with Crippen molar-refractivity contribution in [2.24, 2.45) is 5.10 Å². The lowest BCUT2D eigenvalue weighted by Crippen LogP contribution is -2.21. The molecule has 134 valence electrons. The Labute approximate surface area is 150 Å². The predicted octanol–water partition coefficient (Wildman–Crippen LogP) is 3.04. The third kappa shape index (κ3) is 5.52. The average molecular weight is 354 g/mol. The van der Waals surface area contributed by atoms with Gasteiger partial charge in [0.1, 0.15) is 0 Å². The summed E-state index contributed by atoms with van der Waals surface area (Å²) in [6, 6.07) is 12.6. The van der Waals surface area contributed by atoms with Crippen LogP contribution >= 0.6 is 0 Å². The van der Waals surface area contributed by atoms with Crippen molar-refractivity contribution < 1.29 is 14.5 Å². The largest absolute Gasteiger partial charge is 0.326 e. The van der Waals surface area contributed by atoms with Gasteiger partial charge in [0.05, 0.1) is 11.3 Å². The van der Waals surface area contributed by atoms with E-state index in [4.69, 9.17) is 0 Å². The molecule has 2 aromatic carbocycles. The molecule has 0 spiro atoms. The number of hydrazone groups is 1. The Hall–Kier alpha value is -3.55. The van der Waals surface area contributed by atoms with Gasteiger partial charge in [0.2, 0.25) is 5.91 Å². The van der Waals surface area contributed by atoms with Crippen molar-refractivity contribution in [3.63, 3.8) is 0 Å². The van der Waals surface area contributed by atoms with E-state index in [9.17, 15) is 19.7 Å². The number of nitro benzene ring substituents is 1. The summed E-state index contributed by atoms with van der Waals surface area (Å²) < 4.78 is 0. The Bertz CT molecular complexity index is 860. The monoisotopic (exact) mass is 354 g/mol. The van der Waals surface area contributed by atoms with Crippen LogP contribution in [0.4, 0.5) is 11.4 Å². The summed E-state index contributed by atoms with van der Waals surface area (Å²) in [6.07, 6.45) is -0.0227. The van der Waals surface area contributed by atoms with Gasteiger partial charge in [-0.25, -0.2) is 5.43 Å². The summed E-state index contributed by atoms with van der Waals surface area (Å²) >= 11 is 0. The molecule has 2 amide bonds. The van der Waals surface area contributed by atoms with E-state index in [0.717, 1.165) is 5.56 Å². The summed E-state index contributed by atoms with van der Waals surface area (Å²) in [5.41, 5.74) is 4.66. The van der Waals surface area contributed by atoms with Gasteiger partial charge in [-0.3, -0.25) is 19.7 Å². The first-order valence-electron chi connectivity index (χ1n) is 7.79. The zero-order valence-electron chi connectivity index (χ0n) is 14.4. The van der Waals surface area contributed by atoms with Gasteiger partial charge in [-0.15, -0.1) is 0 Å². The number of hydrogen-bond acceptors (Lipinski definition) is 5. The first-order chi connectivity index (χ1) is 12.3. The molecule has 0 saturated carbocycles. The number of rotatable bonds is 6. The predicted molar refractivity (Wildman–Crippen MR) is 98.1 cm³/mol. The molecule has 0 aromatic heterocycles. The Balaban J connectivity index is 1.88. The molecule has 0 aliphatic heterocycles. The van der Waals surface area contributed by atoms with Crippen LogP contribution in [0.25, 0.3) is 0 Å². The van der Waals surface area contributed by atoms with Crippen molar-refractivity contribution in [2.45, 2.75) is 20.3 Å². The normalized spacial score (nSPS) is 10.9. The molecule has 2 rings (SSSR count). The Kier molecular flexibility index (Phi) is 6.15. The zero-order chi connectivity index (χ0) is 19.1. The zero-order valence-corrected chi connectivity index (χ0v) is 14.4. The first-order valence-corrected chi connectivity index (χ1v) is 7.79. The number of aryl methyl sites for hydroxylation is 1. The van der Waals surface area contributed by atoms with Gasteiger partial charge in [0.15, 0.2) is 0 Å². The van der Waals surface area contributed by atoms with Crippen LogP contribution in [-0.4, -0.2) is 22.4 Å². The van der Waals surface area contributed by atoms with Crippen LogP contribution in [0.5, 0.6) is 0 Å². The molecule has 0 fully saturated rings. The summed E-state index contributed by atoms with van der Waals surface area (Å²) in [5.74, 6) is -0.700. The number of hydrogen-bond donors (Lipinski definition) is 2. The van der Waals surface area contributed by atoms with E-state index in [-0.39, 0.29) is 23.9 Å². The molecule has 8 nitrogen and oxygen atoms in total. The van der Waals surface area contributed by atoms with E-state index in [2.05, 4.69) is 15.8 Å². The maximum absolute atomic E-state index is 12.0. The van der Waals surface area contributed by atoms with Crippen molar-refractivity contribution in [3.05, 3.63) is 69.8 Å². The third-order valence-corrected chi connectivity index (χ3v) is 3.41. The number of amides is 2. The second kappa shape index (κ2) is 8.52. The minimum atomic E-state index is -0.515. The van der Waals surface area contributed by atoms with Crippen LogP contribution < -0.4 is 10.7 Å². The van der Waals surface area contributed by atoms with E-state index < -0.39 is 4.92 Å². The maximum Gasteiger partial charge on any atom is 0.271 e. The fraction of sp³-hybridized carbons (Fsp3) is 0.167. The highest BCUT2D eigenvalue weighted by Crippen LogP contribution is 2.15. The van der Waals surface area contributed by atoms with E-state index in [1.165, 1.54) is 24.3 Å². The smallest absolute Gasteiger partial charge is 0.271 e. The minimum Gasteiger partial charge on any atom is -0.326 e. The van der Waals surface area contributed by atoms with Gasteiger partial charge in [-0.05, 0) is 38.1 Å². The molecule has 0 bridgehead atoms. The highest BCUT2D eigenvalue weighted by atomic mass is 16.6. The van der Waals surface area contributed by atoms with Gasteiger partial charge in [0, 0.05) is 29.1 Å². The van der Waals surface area contributed by atoms with Crippen LogP contribution in [0, 0.1) is 17.0 Å². The molecule has 2 N–H and O–H groups in total. The van der Waals surface area contributed by atoms with Crippen molar-refractivity contribution in [2.75, 3.05) is 5.32 Å². The first kappa shape index (κ1) is 18.8. The Morgan fingerprint density at radius 1 is 1.15 bits per heavy atom. The van der Waals surface area contributed by atoms with Crippen molar-refractivity contribution in [3.8, 4) is 0 Å². The highest BCUT2D eigenvalue weighted by molar-refractivity contribution is 6.06. The average Bonchev–Trinajstić information content (AvgIpc) is 2.60. The molecule has 0 atom stereocenters. The molecule has 0 aliphatic carbocycles. The van der Waals surface area contributed by atoms with E-state index in [0.29, 0.717) is 17.0 Å². The van der Waals surface area contributed by atoms with Crippen LogP contribution in [0.15, 0.2) is 53.6 Å². The molecule has 0 radical (unpaired) electrons. The lowest BCUT2D eigenvalue weighted by Gasteiger charge is -2.06. The molecular weight excluding hydrogens is 336 g/mol. The van der Waals surface area contributed by atoms with Gasteiger partial charge >= 0.3 is 0 Å². The Morgan fingerprint density at radius 2 is 1.85 bits per heavy atom. The molecular formula is C18H18N4O4. The number of nitrogens with one attached hydrogen (secondary N) is 2. The molecule has 0 saturated heterocycles. The number of non-ortho nitro benzene ring substituents is 1. The number of nitro groups is 1. The standard InChI is InChI=1S/C18H18N4O4/c1-12-4-3-5-14(10-12)18(24)21-20-13(2)11-17(23)19-15-6-8-16(9-7-15)22(25)26/h3-10H,11H2,1-2H3,(H,19,23)(H,21,24). The fourth-order valence-electron chi connectivity index (χ4n) is 2.14. The lowest BCUT2D eigenvalue weighted by molar-refractivity contribution is -0.384. The van der Waals surface area contributed by atoms with Crippen LogP contribution in [0.2, 0.25) is 0 Å². The third-order valence-electron chi connectivity index (χ3n) is 3.41. The number of carbonyl (C=O) groups is 2. The highest BCUT2D eigenvalue weighted by Gasteiger charge is 2.09. The SMILES string of the molecule is CC(CC(=O)Nc1ccc([N+](=O)[O-])cc1)=NNC(=O)c1cccc(C)c1. The second-order valence-electron chi connectivity index (χ2n) is 5.69. The van der Waals surface area contributed by atoms with E-state index >= 15 is 0 Å². The quantitative estimate of drug-likeness (QED) is 0.471. The molecule has 0 unspecified atom stereocenters. The molecule has 26 heavy (non-hydrogen) atoms. The number of benzene rings is 2. The summed E-state index contributed by atoms with van der Waals surface area (Å²) in [4.78, 5) is 34.0. The minimum absolute atomic E-state index is 0.0227. The molecule has 2 aromatic rings. The number of nitrogens with zero attached hydrogens (tertiary/aromatic N) is 2. The van der Waals surface area contributed by atoms with Crippen molar-refractivity contribution in [1.29, 1.82) is 0 Å². The van der Waals surface area contributed by atoms with Gasteiger partial charge in [-0.2, -0.15) is 5.10 Å². The summed E-state index contributed by atoms with van der Waals surface area (Å²) in [5, 5.41) is 17.1. The van der Waals surface area contributed by atoms with Crippen molar-refractivity contribution >= 4 is 28.9 Å². The van der Waals surface area contributed by atoms with Gasteiger partial charge in [-0.1, -0.05) is 17.7 Å². The maximum atomic E-state index is 12.0. The van der Waals surface area contributed by atoms with Crippen LogP contribution in [0.1, 0.15) is 29.3 Å². The summed E-state index contributed by atoms with van der Waals surface area (Å²) in [6.45, 7) is 3.50. The van der Waals surface area contributed by atoms with Crippen LogP contribution in [0.3, 0.4) is 0 Å². The van der Waals surface area contributed by atoms with Crippen LogP contribution in [-0.2, 0) is 4.79 Å². The molecule has 0 aliphatic rings. The van der Waals surface area contributed by atoms with E-state index in [1.807, 2.05) is 13.0 Å². The molecule has 0 heterocycles. The number of carbonyl (C=O) groups excluding carboxylic acids is 2. The lowest BCUT2D eigenvalue weighted by atomic mass is 10.1. The molecule has 8 heteroatoms. The van der Waals surface area contributed by atoms with Gasteiger partial charge in [0.25, 0.3) is 11.6 Å². The second-order valence-corrected chi connectivity index (χ2v) is 5.69.